The molecule has 1 aliphatic carbocycles. The average Bonchev–Trinajstić information content (AvgIpc) is 3.01. The Bertz CT molecular complexity index is 909. The maximum absolute atomic E-state index is 14.5. The molecule has 132 valence electrons. The topological polar surface area (TPSA) is 27.1 Å². The van der Waals surface area contributed by atoms with E-state index < -0.39 is 16.3 Å². The number of fused-ring (bicyclic) bond motifs is 3. The van der Waals surface area contributed by atoms with Crippen LogP contribution in [0, 0.1) is 0 Å². The molecule has 1 aromatic heterocycles. The molecule has 0 saturated carbocycles. The van der Waals surface area contributed by atoms with Crippen molar-refractivity contribution in [3.8, 4) is 0 Å². The predicted molar refractivity (Wildman–Crippen MR) is 91.6 cm³/mol. The molecular formula is C17H17F3N3OS+. The van der Waals surface area contributed by atoms with E-state index in [4.69, 9.17) is 4.74 Å². The van der Waals surface area contributed by atoms with Crippen LogP contribution in [0.2, 0.25) is 0 Å². The largest absolute Gasteiger partial charge is 0.574 e. The van der Waals surface area contributed by atoms with E-state index >= 15 is 0 Å². The summed E-state index contributed by atoms with van der Waals surface area (Å²) in [5.74, 6) is 0.524. The van der Waals surface area contributed by atoms with Crippen LogP contribution in [0.4, 0.5) is 19.1 Å². The normalized spacial score (nSPS) is 30.5. The van der Waals surface area contributed by atoms with Gasteiger partial charge in [0.05, 0.1) is 13.3 Å². The van der Waals surface area contributed by atoms with Gasteiger partial charge in [-0.25, -0.2) is 4.57 Å². The quantitative estimate of drug-likeness (QED) is 0.452. The first-order valence-electron chi connectivity index (χ1n) is 7.77. The van der Waals surface area contributed by atoms with Gasteiger partial charge < -0.3 is 4.74 Å². The molecular weight excluding hydrogens is 351 g/mol. The van der Waals surface area contributed by atoms with Crippen molar-refractivity contribution >= 4 is 24.3 Å². The number of aromatic nitrogens is 2. The van der Waals surface area contributed by atoms with Crippen molar-refractivity contribution in [3.05, 3.63) is 47.5 Å². The van der Waals surface area contributed by atoms with Gasteiger partial charge in [-0.1, -0.05) is 6.08 Å². The third kappa shape index (κ3) is 1.67. The fraction of sp³-hybridized carbons (Fsp3) is 0.353. The third-order valence-electron chi connectivity index (χ3n) is 5.32. The van der Waals surface area contributed by atoms with E-state index in [0.29, 0.717) is 22.1 Å². The van der Waals surface area contributed by atoms with Crippen molar-refractivity contribution < 1.29 is 17.9 Å². The van der Waals surface area contributed by atoms with E-state index in [1.807, 2.05) is 6.92 Å². The Balaban J connectivity index is 2.19. The molecule has 3 heterocycles. The molecule has 0 aromatic carbocycles. The molecule has 0 fully saturated rings. The van der Waals surface area contributed by atoms with Gasteiger partial charge in [-0.3, -0.25) is 0 Å². The number of halogens is 3. The summed E-state index contributed by atoms with van der Waals surface area (Å²) < 4.78 is 49.2. The Morgan fingerprint density at radius 1 is 1.32 bits per heavy atom. The van der Waals surface area contributed by atoms with Crippen molar-refractivity contribution in [1.82, 2.24) is 14.0 Å². The molecule has 8 heteroatoms. The molecule has 2 aliphatic heterocycles. The number of ether oxygens (including phenoxy) is 1. The molecule has 4 nitrogen and oxygen atoms in total. The third-order valence-corrected chi connectivity index (χ3v) is 5.63. The van der Waals surface area contributed by atoms with Crippen LogP contribution in [0.3, 0.4) is 0 Å². The van der Waals surface area contributed by atoms with Gasteiger partial charge in [-0.15, -0.1) is 30.3 Å². The summed E-state index contributed by atoms with van der Waals surface area (Å²) in [6.07, 6.45) is 2.88. The van der Waals surface area contributed by atoms with E-state index in [0.717, 1.165) is 5.57 Å². The molecule has 0 radical (unpaired) electrons. The lowest BCUT2D eigenvalue weighted by atomic mass is 9.77. The first-order valence-corrected chi connectivity index (χ1v) is 8.22. The summed E-state index contributed by atoms with van der Waals surface area (Å²) in [6, 6.07) is 0. The van der Waals surface area contributed by atoms with Crippen LogP contribution >= 0.6 is 12.6 Å². The van der Waals surface area contributed by atoms with Crippen LogP contribution in [0.5, 0.6) is 0 Å². The Hall–Kier alpha value is -1.93. The van der Waals surface area contributed by atoms with Crippen LogP contribution in [-0.2, 0) is 4.74 Å². The summed E-state index contributed by atoms with van der Waals surface area (Å²) in [5, 5.41) is 0.372. The van der Waals surface area contributed by atoms with Gasteiger partial charge in [0.25, 0.3) is 0 Å². The van der Waals surface area contributed by atoms with Crippen LogP contribution < -0.4 is 4.48 Å². The van der Waals surface area contributed by atoms with Gasteiger partial charge in [0, 0.05) is 12.0 Å². The van der Waals surface area contributed by atoms with Gasteiger partial charge in [0.15, 0.2) is 5.54 Å². The number of allylic oxidation sites excluding steroid dienone is 3. The van der Waals surface area contributed by atoms with E-state index in [-0.39, 0.29) is 12.4 Å². The molecule has 0 bridgehead atoms. The minimum absolute atomic E-state index is 0.0994. The smallest absolute Gasteiger partial charge is 0.496 e. The molecule has 4 rings (SSSR count). The standard InChI is InChI=1S/C17H16F3N3OS/c1-10-8-16-6-4-5-7-23(16,17(18,19)20)15-21-9-12(25)22(15)14(16)11(2)13(10)24-3/h4-7,9H,8H2,1-3H3/p+1. The van der Waals surface area contributed by atoms with Gasteiger partial charge in [0.2, 0.25) is 0 Å². The maximum atomic E-state index is 14.5. The molecule has 0 N–H and O–H groups in total. The number of thiol groups is 1. The van der Waals surface area contributed by atoms with Gasteiger partial charge in [0.1, 0.15) is 22.7 Å². The second-order valence-electron chi connectivity index (χ2n) is 6.53. The number of methoxy groups -OCH3 is 1. The highest BCUT2D eigenvalue weighted by molar-refractivity contribution is 7.80. The van der Waals surface area contributed by atoms with E-state index in [2.05, 4.69) is 17.6 Å². The summed E-state index contributed by atoms with van der Waals surface area (Å²) >= 11 is 4.37. The first kappa shape index (κ1) is 16.5. The summed E-state index contributed by atoms with van der Waals surface area (Å²) in [5.41, 5.74) is 0.627. The predicted octanol–water partition coefficient (Wildman–Crippen LogP) is 4.39. The minimum atomic E-state index is -4.57. The molecule has 0 saturated heterocycles. The SMILES string of the molecule is COC1=C(C)CC23C=CC=C[N+]2(C(F)(F)F)c2ncc(S)n2C3=C1C. The zero-order valence-corrected chi connectivity index (χ0v) is 14.8. The minimum Gasteiger partial charge on any atom is -0.496 e. The fourth-order valence-electron chi connectivity index (χ4n) is 4.55. The number of alkyl halides is 3. The second kappa shape index (κ2) is 4.82. The monoisotopic (exact) mass is 368 g/mol. The lowest BCUT2D eigenvalue weighted by molar-refractivity contribution is -0.236. The second-order valence-corrected chi connectivity index (χ2v) is 6.99. The number of nitrogens with zero attached hydrogens (tertiary/aromatic N) is 3. The van der Waals surface area contributed by atoms with Crippen molar-refractivity contribution in [2.45, 2.75) is 37.1 Å². The summed E-state index contributed by atoms with van der Waals surface area (Å²) in [6.45, 7) is 3.60. The van der Waals surface area contributed by atoms with Gasteiger partial charge >= 0.3 is 12.2 Å². The van der Waals surface area contributed by atoms with E-state index in [9.17, 15) is 13.2 Å². The lowest BCUT2D eigenvalue weighted by Crippen LogP contribution is -2.68. The van der Waals surface area contributed by atoms with Crippen molar-refractivity contribution in [2.75, 3.05) is 7.11 Å². The average molecular weight is 368 g/mol. The Morgan fingerprint density at radius 2 is 2.04 bits per heavy atom. The number of imidazole rings is 1. The lowest BCUT2D eigenvalue weighted by Gasteiger charge is -2.45. The van der Waals surface area contributed by atoms with E-state index in [1.54, 1.807) is 19.1 Å². The van der Waals surface area contributed by atoms with Crippen molar-refractivity contribution in [1.29, 1.82) is 0 Å². The van der Waals surface area contributed by atoms with E-state index in [1.165, 1.54) is 30.1 Å². The zero-order chi connectivity index (χ0) is 18.2. The maximum Gasteiger partial charge on any atom is 0.574 e. The summed E-state index contributed by atoms with van der Waals surface area (Å²) in [7, 11) is 1.54. The van der Waals surface area contributed by atoms with Crippen molar-refractivity contribution in [3.63, 3.8) is 0 Å². The molecule has 1 spiro atoms. The fourth-order valence-corrected chi connectivity index (χ4v) is 4.80. The number of hydrogen-bond donors (Lipinski definition) is 1. The molecule has 1 aromatic rings. The highest BCUT2D eigenvalue weighted by Gasteiger charge is 2.76. The zero-order valence-electron chi connectivity index (χ0n) is 13.9. The number of hydrogen-bond acceptors (Lipinski definition) is 3. The Labute approximate surface area is 148 Å². The van der Waals surface area contributed by atoms with Crippen LogP contribution in [0.1, 0.15) is 20.3 Å². The number of rotatable bonds is 1. The Kier molecular flexibility index (Phi) is 3.19. The summed E-state index contributed by atoms with van der Waals surface area (Å²) in [4.78, 5) is 4.11. The highest BCUT2D eigenvalue weighted by atomic mass is 32.1. The number of quaternary nitrogens is 1. The highest BCUT2D eigenvalue weighted by Crippen LogP contribution is 2.61. The molecule has 3 aliphatic rings. The van der Waals surface area contributed by atoms with Gasteiger partial charge in [-0.2, -0.15) is 4.98 Å². The van der Waals surface area contributed by atoms with Gasteiger partial charge in [-0.05, 0) is 31.6 Å². The van der Waals surface area contributed by atoms with Crippen LogP contribution in [-0.4, -0.2) is 28.5 Å². The Morgan fingerprint density at radius 3 is 2.68 bits per heavy atom. The molecule has 0 amide bonds. The molecule has 25 heavy (non-hydrogen) atoms. The first-order chi connectivity index (χ1) is 11.7. The van der Waals surface area contributed by atoms with Crippen LogP contribution in [0.25, 0.3) is 5.70 Å². The van der Waals surface area contributed by atoms with Crippen molar-refractivity contribution in [2.24, 2.45) is 0 Å². The van der Waals surface area contributed by atoms with Crippen LogP contribution in [0.15, 0.2) is 52.6 Å². The molecule has 2 unspecified atom stereocenters. The molecule has 2 atom stereocenters.